The van der Waals surface area contributed by atoms with Crippen molar-refractivity contribution in [3.63, 3.8) is 0 Å². The molecule has 1 aliphatic heterocycles. The molecule has 2 heterocycles. The van der Waals surface area contributed by atoms with Crippen molar-refractivity contribution in [1.29, 1.82) is 0 Å². The molecule has 7 nitrogen and oxygen atoms in total. The third-order valence-corrected chi connectivity index (χ3v) is 5.07. The summed E-state index contributed by atoms with van der Waals surface area (Å²) in [5, 5.41) is 14.6. The van der Waals surface area contributed by atoms with E-state index in [0.29, 0.717) is 6.04 Å². The molecule has 1 saturated heterocycles. The maximum atomic E-state index is 13.0. The maximum Gasteiger partial charge on any atom is 0.191 e. The Labute approximate surface area is 189 Å². The third kappa shape index (κ3) is 8.25. The highest BCUT2D eigenvalue weighted by Crippen LogP contribution is 2.14. The summed E-state index contributed by atoms with van der Waals surface area (Å²) in [5.74, 6) is 0.700. The number of rotatable bonds is 8. The summed E-state index contributed by atoms with van der Waals surface area (Å²) >= 11 is 0. The number of halogens is 2. The van der Waals surface area contributed by atoms with Gasteiger partial charge in [0.1, 0.15) is 18.5 Å². The van der Waals surface area contributed by atoms with Crippen molar-refractivity contribution in [3.8, 4) is 0 Å². The molecule has 1 aliphatic rings. The van der Waals surface area contributed by atoms with Crippen LogP contribution >= 0.6 is 24.0 Å². The third-order valence-electron chi connectivity index (χ3n) is 5.07. The Hall–Kier alpha value is -1.75. The normalized spacial score (nSPS) is 15.7. The van der Waals surface area contributed by atoms with Crippen molar-refractivity contribution in [2.24, 2.45) is 4.99 Å². The Morgan fingerprint density at radius 1 is 1.14 bits per heavy atom. The SMILES string of the molecule is CN=C(NCCCCn1cnnc1)NC1CCN(Cc2ccc(F)cc2)CC1.I. The number of aromatic nitrogens is 3. The lowest BCUT2D eigenvalue weighted by atomic mass is 10.0. The fraction of sp³-hybridized carbons (Fsp3) is 0.550. The molecule has 29 heavy (non-hydrogen) atoms. The summed E-state index contributed by atoms with van der Waals surface area (Å²) < 4.78 is 15.0. The van der Waals surface area contributed by atoms with Crippen molar-refractivity contribution in [2.75, 3.05) is 26.7 Å². The van der Waals surface area contributed by atoms with Crippen LogP contribution in [0.25, 0.3) is 0 Å². The number of hydrogen-bond donors (Lipinski definition) is 2. The molecule has 0 saturated carbocycles. The first-order valence-electron chi connectivity index (χ1n) is 9.99. The van der Waals surface area contributed by atoms with Gasteiger partial charge in [0, 0.05) is 45.8 Å². The predicted molar refractivity (Wildman–Crippen MR) is 124 cm³/mol. The summed E-state index contributed by atoms with van der Waals surface area (Å²) in [6.45, 7) is 4.78. The average Bonchev–Trinajstić information content (AvgIpc) is 3.23. The van der Waals surface area contributed by atoms with E-state index in [1.165, 1.54) is 12.1 Å². The summed E-state index contributed by atoms with van der Waals surface area (Å²) in [6, 6.07) is 7.24. The van der Waals surface area contributed by atoms with Gasteiger partial charge in [0.05, 0.1) is 0 Å². The number of guanidine groups is 1. The van der Waals surface area contributed by atoms with Crippen molar-refractivity contribution < 1.29 is 4.39 Å². The van der Waals surface area contributed by atoms with Gasteiger partial charge in [-0.1, -0.05) is 12.1 Å². The lowest BCUT2D eigenvalue weighted by Gasteiger charge is -2.33. The molecule has 1 aromatic carbocycles. The number of piperidine rings is 1. The fourth-order valence-electron chi connectivity index (χ4n) is 3.44. The minimum absolute atomic E-state index is 0. The van der Waals surface area contributed by atoms with Crippen LogP contribution in [-0.4, -0.2) is 58.3 Å². The Morgan fingerprint density at radius 2 is 1.83 bits per heavy atom. The van der Waals surface area contributed by atoms with Gasteiger partial charge in [-0.15, -0.1) is 34.2 Å². The molecule has 3 rings (SSSR count). The second-order valence-corrected chi connectivity index (χ2v) is 7.23. The monoisotopic (exact) mass is 515 g/mol. The second kappa shape index (κ2) is 12.7. The standard InChI is InChI=1S/C20H30FN7.HI/c1-22-20(23-10-2-3-11-28-15-24-25-16-28)26-19-8-12-27(13-9-19)14-17-4-6-18(21)7-5-17;/h4-7,15-16,19H,2-3,8-14H2,1H3,(H2,22,23,26);1H. The number of aryl methyl sites for hydroxylation is 1. The Morgan fingerprint density at radius 3 is 2.48 bits per heavy atom. The molecule has 0 atom stereocenters. The molecule has 0 bridgehead atoms. The topological polar surface area (TPSA) is 70.4 Å². The van der Waals surface area contributed by atoms with Crippen LogP contribution in [0.2, 0.25) is 0 Å². The lowest BCUT2D eigenvalue weighted by molar-refractivity contribution is 0.198. The summed E-state index contributed by atoms with van der Waals surface area (Å²) in [5.41, 5.74) is 1.16. The van der Waals surface area contributed by atoms with Gasteiger partial charge in [0.25, 0.3) is 0 Å². The molecular formula is C20H31FIN7. The molecule has 2 N–H and O–H groups in total. The number of nitrogens with one attached hydrogen (secondary N) is 2. The number of likely N-dealkylation sites (tertiary alicyclic amines) is 1. The zero-order valence-electron chi connectivity index (χ0n) is 16.9. The quantitative estimate of drug-likeness (QED) is 0.245. The molecule has 1 fully saturated rings. The molecular weight excluding hydrogens is 484 g/mol. The van der Waals surface area contributed by atoms with Crippen molar-refractivity contribution in [1.82, 2.24) is 30.3 Å². The van der Waals surface area contributed by atoms with E-state index in [0.717, 1.165) is 69.9 Å². The summed E-state index contributed by atoms with van der Waals surface area (Å²) in [7, 11) is 1.82. The van der Waals surface area contributed by atoms with Gasteiger partial charge in [-0.05, 0) is 43.4 Å². The molecule has 2 aromatic rings. The van der Waals surface area contributed by atoms with Gasteiger partial charge in [0.15, 0.2) is 5.96 Å². The highest BCUT2D eigenvalue weighted by Gasteiger charge is 2.20. The van der Waals surface area contributed by atoms with Gasteiger partial charge in [-0.25, -0.2) is 4.39 Å². The largest absolute Gasteiger partial charge is 0.356 e. The number of unbranched alkanes of at least 4 members (excludes halogenated alkanes) is 1. The minimum atomic E-state index is -0.177. The Balaban J connectivity index is 0.00000300. The smallest absolute Gasteiger partial charge is 0.191 e. The van der Waals surface area contributed by atoms with Crippen molar-refractivity contribution in [2.45, 2.75) is 44.8 Å². The minimum Gasteiger partial charge on any atom is -0.356 e. The van der Waals surface area contributed by atoms with E-state index in [1.807, 2.05) is 23.7 Å². The van der Waals surface area contributed by atoms with E-state index in [1.54, 1.807) is 12.7 Å². The number of nitrogens with zero attached hydrogens (tertiary/aromatic N) is 5. The number of hydrogen-bond acceptors (Lipinski definition) is 4. The Bertz CT molecular complexity index is 713. The van der Waals surface area contributed by atoms with Crippen LogP contribution in [-0.2, 0) is 13.1 Å². The van der Waals surface area contributed by atoms with Crippen LogP contribution in [0.1, 0.15) is 31.2 Å². The fourth-order valence-corrected chi connectivity index (χ4v) is 3.44. The second-order valence-electron chi connectivity index (χ2n) is 7.23. The number of aliphatic imine (C=N–C) groups is 1. The molecule has 9 heteroatoms. The van der Waals surface area contributed by atoms with Crippen LogP contribution in [0.3, 0.4) is 0 Å². The number of benzene rings is 1. The highest BCUT2D eigenvalue weighted by atomic mass is 127. The van der Waals surface area contributed by atoms with Crippen molar-refractivity contribution in [3.05, 3.63) is 48.3 Å². The molecule has 0 unspecified atom stereocenters. The van der Waals surface area contributed by atoms with Gasteiger partial charge in [-0.3, -0.25) is 9.89 Å². The van der Waals surface area contributed by atoms with E-state index < -0.39 is 0 Å². The molecule has 0 aliphatic carbocycles. The summed E-state index contributed by atoms with van der Waals surface area (Å²) in [6.07, 6.45) is 7.79. The summed E-state index contributed by atoms with van der Waals surface area (Å²) in [4.78, 5) is 6.77. The van der Waals surface area contributed by atoms with E-state index in [9.17, 15) is 4.39 Å². The van der Waals surface area contributed by atoms with Crippen LogP contribution in [0, 0.1) is 5.82 Å². The first kappa shape index (κ1) is 23.5. The zero-order chi connectivity index (χ0) is 19.6. The molecule has 1 aromatic heterocycles. The predicted octanol–water partition coefficient (Wildman–Crippen LogP) is 2.65. The van der Waals surface area contributed by atoms with Crippen LogP contribution in [0.5, 0.6) is 0 Å². The zero-order valence-corrected chi connectivity index (χ0v) is 19.3. The van der Waals surface area contributed by atoms with Gasteiger partial charge in [-0.2, -0.15) is 0 Å². The van der Waals surface area contributed by atoms with Crippen LogP contribution < -0.4 is 10.6 Å². The molecule has 0 amide bonds. The van der Waals surface area contributed by atoms with Crippen LogP contribution in [0.15, 0.2) is 41.9 Å². The first-order chi connectivity index (χ1) is 13.7. The van der Waals surface area contributed by atoms with E-state index in [2.05, 4.69) is 30.7 Å². The Kier molecular flexibility index (Phi) is 10.3. The van der Waals surface area contributed by atoms with Crippen LogP contribution in [0.4, 0.5) is 4.39 Å². The molecule has 160 valence electrons. The van der Waals surface area contributed by atoms with E-state index >= 15 is 0 Å². The first-order valence-corrected chi connectivity index (χ1v) is 9.99. The van der Waals surface area contributed by atoms with Crippen molar-refractivity contribution >= 4 is 29.9 Å². The van der Waals surface area contributed by atoms with E-state index in [4.69, 9.17) is 0 Å². The van der Waals surface area contributed by atoms with E-state index in [-0.39, 0.29) is 29.8 Å². The van der Waals surface area contributed by atoms with Gasteiger partial charge in [0.2, 0.25) is 0 Å². The molecule has 0 spiro atoms. The lowest BCUT2D eigenvalue weighted by Crippen LogP contribution is -2.48. The maximum absolute atomic E-state index is 13.0. The molecule has 0 radical (unpaired) electrons. The average molecular weight is 515 g/mol. The van der Waals surface area contributed by atoms with Gasteiger partial charge < -0.3 is 15.2 Å². The highest BCUT2D eigenvalue weighted by molar-refractivity contribution is 14.0. The van der Waals surface area contributed by atoms with Gasteiger partial charge >= 0.3 is 0 Å².